The molecule has 190 valence electrons. The maximum Gasteiger partial charge on any atom is 0.264 e. The number of sulfonamides is 1. The first-order valence-corrected chi connectivity index (χ1v) is 13.5. The summed E-state index contributed by atoms with van der Waals surface area (Å²) in [5.41, 5.74) is 2.87. The van der Waals surface area contributed by atoms with E-state index >= 15 is 0 Å². The molecule has 1 aliphatic rings. The molecule has 0 bridgehead atoms. The number of piperazine rings is 1. The van der Waals surface area contributed by atoms with Crippen molar-refractivity contribution in [1.82, 2.24) is 14.8 Å². The number of para-hydroxylation sites is 1. The summed E-state index contributed by atoms with van der Waals surface area (Å²) < 4.78 is 42.4. The standard InChI is InChI=1S/C28H27FN4O3S/c1-20-17-23(28(34)33-15-13-32(14-16-33)19-21-5-2-8-24(29)18-21)10-11-25(20)31-37(35,36)26-9-3-6-22-7-4-12-30-27(22)26/h2-12,17-18,31H,13-16,19H2,1H3. The molecule has 1 aliphatic heterocycles. The SMILES string of the molecule is Cc1cc(C(=O)N2CCN(Cc3cccc(F)c3)CC2)ccc1NS(=O)(=O)c1cccc2cccnc12. The van der Waals surface area contributed by atoms with Gasteiger partial charge in [0, 0.05) is 49.9 Å². The molecule has 0 atom stereocenters. The predicted octanol–water partition coefficient (Wildman–Crippen LogP) is 4.44. The van der Waals surface area contributed by atoms with E-state index in [9.17, 15) is 17.6 Å². The van der Waals surface area contributed by atoms with Crippen LogP contribution in [-0.2, 0) is 16.6 Å². The third-order valence-electron chi connectivity index (χ3n) is 6.56. The van der Waals surface area contributed by atoms with Crippen molar-refractivity contribution in [2.75, 3.05) is 30.9 Å². The first kappa shape index (κ1) is 24.9. The topological polar surface area (TPSA) is 82.6 Å². The largest absolute Gasteiger partial charge is 0.336 e. The molecule has 7 nitrogen and oxygen atoms in total. The molecule has 0 saturated carbocycles. The molecule has 1 N–H and O–H groups in total. The van der Waals surface area contributed by atoms with E-state index in [-0.39, 0.29) is 16.6 Å². The third kappa shape index (κ3) is 5.47. The van der Waals surface area contributed by atoms with Crippen LogP contribution in [0.1, 0.15) is 21.5 Å². The highest BCUT2D eigenvalue weighted by Crippen LogP contribution is 2.26. The molecule has 5 rings (SSSR count). The van der Waals surface area contributed by atoms with Crippen LogP contribution < -0.4 is 4.72 Å². The number of aromatic nitrogens is 1. The molecular weight excluding hydrogens is 491 g/mol. The summed E-state index contributed by atoms with van der Waals surface area (Å²) >= 11 is 0. The van der Waals surface area contributed by atoms with Crippen molar-refractivity contribution in [3.63, 3.8) is 0 Å². The second-order valence-electron chi connectivity index (χ2n) is 9.16. The highest BCUT2D eigenvalue weighted by atomic mass is 32.2. The lowest BCUT2D eigenvalue weighted by atomic mass is 10.1. The van der Waals surface area contributed by atoms with Crippen molar-refractivity contribution in [3.8, 4) is 0 Å². The average molecular weight is 519 g/mol. The van der Waals surface area contributed by atoms with Crippen LogP contribution in [0.4, 0.5) is 10.1 Å². The minimum atomic E-state index is -3.89. The Labute approximate surface area is 215 Å². The van der Waals surface area contributed by atoms with Gasteiger partial charge in [0.05, 0.1) is 11.2 Å². The Morgan fingerprint density at radius 3 is 2.49 bits per heavy atom. The van der Waals surface area contributed by atoms with Crippen LogP contribution >= 0.6 is 0 Å². The Morgan fingerprint density at radius 2 is 1.73 bits per heavy atom. The number of hydrogen-bond acceptors (Lipinski definition) is 5. The lowest BCUT2D eigenvalue weighted by molar-refractivity contribution is 0.0628. The molecule has 2 heterocycles. The number of fused-ring (bicyclic) bond motifs is 1. The summed E-state index contributed by atoms with van der Waals surface area (Å²) in [4.78, 5) is 21.5. The average Bonchev–Trinajstić information content (AvgIpc) is 2.89. The number of rotatable bonds is 6. The number of carbonyl (C=O) groups excluding carboxylic acids is 1. The molecule has 0 unspecified atom stereocenters. The Kier molecular flexibility index (Phi) is 6.90. The predicted molar refractivity (Wildman–Crippen MR) is 141 cm³/mol. The van der Waals surface area contributed by atoms with E-state index in [2.05, 4.69) is 14.6 Å². The number of halogens is 1. The molecule has 1 fully saturated rings. The number of nitrogens with zero attached hydrogens (tertiary/aromatic N) is 3. The van der Waals surface area contributed by atoms with Gasteiger partial charge in [-0.1, -0.05) is 30.3 Å². The number of aryl methyl sites for hydroxylation is 1. The molecule has 9 heteroatoms. The molecule has 1 amide bonds. The number of anilines is 1. The lowest BCUT2D eigenvalue weighted by Crippen LogP contribution is -2.48. The van der Waals surface area contributed by atoms with E-state index in [0.717, 1.165) is 10.9 Å². The van der Waals surface area contributed by atoms with Gasteiger partial charge in [-0.15, -0.1) is 0 Å². The Balaban J connectivity index is 1.25. The van der Waals surface area contributed by atoms with Crippen LogP contribution in [-0.4, -0.2) is 55.3 Å². The van der Waals surface area contributed by atoms with Gasteiger partial charge in [-0.3, -0.25) is 19.4 Å². The highest BCUT2D eigenvalue weighted by Gasteiger charge is 2.24. The second kappa shape index (κ2) is 10.3. The van der Waals surface area contributed by atoms with Gasteiger partial charge in [-0.05, 0) is 60.5 Å². The van der Waals surface area contributed by atoms with Gasteiger partial charge >= 0.3 is 0 Å². The third-order valence-corrected chi connectivity index (χ3v) is 7.95. The summed E-state index contributed by atoms with van der Waals surface area (Å²) in [6.07, 6.45) is 1.56. The smallest absolute Gasteiger partial charge is 0.264 e. The summed E-state index contributed by atoms with van der Waals surface area (Å²) in [6.45, 7) is 4.93. The summed E-state index contributed by atoms with van der Waals surface area (Å²) in [7, 11) is -3.89. The van der Waals surface area contributed by atoms with Crippen LogP contribution in [0.15, 0.2) is 83.9 Å². The van der Waals surface area contributed by atoms with Crippen LogP contribution in [0.2, 0.25) is 0 Å². The summed E-state index contributed by atoms with van der Waals surface area (Å²) in [6, 6.07) is 20.1. The fourth-order valence-corrected chi connectivity index (χ4v) is 5.90. The Hall–Kier alpha value is -3.82. The Morgan fingerprint density at radius 1 is 0.973 bits per heavy atom. The monoisotopic (exact) mass is 518 g/mol. The number of carbonyl (C=O) groups is 1. The quantitative estimate of drug-likeness (QED) is 0.408. The summed E-state index contributed by atoms with van der Waals surface area (Å²) in [5.74, 6) is -0.345. The van der Waals surface area contributed by atoms with Crippen molar-refractivity contribution in [3.05, 3.63) is 102 Å². The maximum absolute atomic E-state index is 13.5. The molecule has 4 aromatic rings. The number of pyridine rings is 1. The molecule has 1 saturated heterocycles. The van der Waals surface area contributed by atoms with Crippen LogP contribution in [0.25, 0.3) is 10.9 Å². The van der Waals surface area contributed by atoms with Crippen LogP contribution in [0.5, 0.6) is 0 Å². The second-order valence-corrected chi connectivity index (χ2v) is 10.8. The fourth-order valence-electron chi connectivity index (χ4n) is 4.59. The summed E-state index contributed by atoms with van der Waals surface area (Å²) in [5, 5.41) is 0.735. The van der Waals surface area contributed by atoms with Gasteiger partial charge in [0.1, 0.15) is 10.7 Å². The van der Waals surface area contributed by atoms with E-state index in [4.69, 9.17) is 0 Å². The lowest BCUT2D eigenvalue weighted by Gasteiger charge is -2.35. The molecule has 37 heavy (non-hydrogen) atoms. The molecular formula is C28H27FN4O3S. The molecule has 0 radical (unpaired) electrons. The van der Waals surface area contributed by atoms with Crippen molar-refractivity contribution in [2.24, 2.45) is 0 Å². The first-order chi connectivity index (χ1) is 17.8. The van der Waals surface area contributed by atoms with E-state index in [1.165, 1.54) is 18.2 Å². The van der Waals surface area contributed by atoms with Gasteiger partial charge in [-0.25, -0.2) is 12.8 Å². The zero-order chi connectivity index (χ0) is 26.0. The number of nitrogens with one attached hydrogen (secondary N) is 1. The van der Waals surface area contributed by atoms with E-state index in [0.29, 0.717) is 55.1 Å². The number of amides is 1. The minimum absolute atomic E-state index is 0.0961. The van der Waals surface area contributed by atoms with Crippen molar-refractivity contribution in [1.29, 1.82) is 0 Å². The number of hydrogen-bond donors (Lipinski definition) is 1. The fraction of sp³-hybridized carbons (Fsp3) is 0.214. The van der Waals surface area contributed by atoms with Gasteiger partial charge in [0.25, 0.3) is 15.9 Å². The zero-order valence-electron chi connectivity index (χ0n) is 20.4. The minimum Gasteiger partial charge on any atom is -0.336 e. The van der Waals surface area contributed by atoms with E-state index in [1.807, 2.05) is 18.2 Å². The highest BCUT2D eigenvalue weighted by molar-refractivity contribution is 7.93. The van der Waals surface area contributed by atoms with Crippen molar-refractivity contribution < 1.29 is 17.6 Å². The van der Waals surface area contributed by atoms with E-state index in [1.54, 1.807) is 54.4 Å². The molecule has 1 aromatic heterocycles. The van der Waals surface area contributed by atoms with Gasteiger partial charge in [0.2, 0.25) is 0 Å². The van der Waals surface area contributed by atoms with Gasteiger partial charge in [-0.2, -0.15) is 0 Å². The van der Waals surface area contributed by atoms with Crippen molar-refractivity contribution in [2.45, 2.75) is 18.4 Å². The number of benzene rings is 3. The van der Waals surface area contributed by atoms with Gasteiger partial charge in [0.15, 0.2) is 0 Å². The van der Waals surface area contributed by atoms with Crippen molar-refractivity contribution >= 4 is 32.5 Å². The molecule has 3 aromatic carbocycles. The van der Waals surface area contributed by atoms with Crippen LogP contribution in [0.3, 0.4) is 0 Å². The van der Waals surface area contributed by atoms with Gasteiger partial charge < -0.3 is 4.90 Å². The van der Waals surface area contributed by atoms with E-state index < -0.39 is 10.0 Å². The Bertz CT molecular complexity index is 1560. The maximum atomic E-state index is 13.5. The zero-order valence-corrected chi connectivity index (χ0v) is 21.2. The normalized spacial score (nSPS) is 14.6. The molecule has 0 aliphatic carbocycles. The van der Waals surface area contributed by atoms with Crippen LogP contribution in [0, 0.1) is 12.7 Å². The molecule has 0 spiro atoms. The first-order valence-electron chi connectivity index (χ1n) is 12.0.